The summed E-state index contributed by atoms with van der Waals surface area (Å²) in [5.41, 5.74) is 6.26. The molecule has 15 heavy (non-hydrogen) atoms. The van der Waals surface area contributed by atoms with E-state index in [4.69, 9.17) is 5.73 Å². The summed E-state index contributed by atoms with van der Waals surface area (Å²) in [5.74, 6) is 0.145. The number of nitrogens with zero attached hydrogens (tertiary/aromatic N) is 1. The van der Waals surface area contributed by atoms with Crippen LogP contribution < -0.4 is 11.1 Å². The lowest BCUT2D eigenvalue weighted by Gasteiger charge is -2.00. The summed E-state index contributed by atoms with van der Waals surface area (Å²) in [7, 11) is 1.44. The highest BCUT2D eigenvalue weighted by Crippen LogP contribution is 2.10. The molecule has 6 heteroatoms. The van der Waals surface area contributed by atoms with Crippen molar-refractivity contribution in [2.75, 3.05) is 7.05 Å². The second-order valence-electron chi connectivity index (χ2n) is 2.61. The van der Waals surface area contributed by atoms with Crippen LogP contribution in [0, 0.1) is 0 Å². The van der Waals surface area contributed by atoms with Gasteiger partial charge < -0.3 is 11.1 Å². The average molecular weight is 272 g/mol. The fourth-order valence-electron chi connectivity index (χ4n) is 0.810. The Kier molecular flexibility index (Phi) is 4.11. The molecule has 0 bridgehead atoms. The number of benzene rings is 1. The third-order valence-corrected chi connectivity index (χ3v) is 2.10. The van der Waals surface area contributed by atoms with Crippen molar-refractivity contribution in [2.24, 2.45) is 10.9 Å². The summed E-state index contributed by atoms with van der Waals surface area (Å²) in [4.78, 5) is 15.1. The Morgan fingerprint density at radius 2 is 2.07 bits per heavy atom. The molecule has 0 aliphatic heterocycles. The molecular weight excluding hydrogens is 262 g/mol. The standard InChI is InChI=1S/C9H10BrN3O2/c1-12-9(14)15-13-8(11)6-2-4-7(10)5-3-6/h2-5H,1H3,(H2,11,13)(H,12,14). The minimum absolute atomic E-state index is 0.145. The molecule has 0 aromatic heterocycles. The van der Waals surface area contributed by atoms with Gasteiger partial charge in [0, 0.05) is 17.1 Å². The van der Waals surface area contributed by atoms with Crippen molar-refractivity contribution in [1.82, 2.24) is 5.32 Å². The molecule has 0 aliphatic carbocycles. The fraction of sp³-hybridized carbons (Fsp3) is 0.111. The van der Waals surface area contributed by atoms with Crippen molar-refractivity contribution in [1.29, 1.82) is 0 Å². The molecule has 0 heterocycles. The highest BCUT2D eigenvalue weighted by atomic mass is 79.9. The van der Waals surface area contributed by atoms with E-state index in [0.29, 0.717) is 5.56 Å². The van der Waals surface area contributed by atoms with Crippen molar-refractivity contribution in [3.05, 3.63) is 34.3 Å². The second kappa shape index (κ2) is 5.35. The lowest BCUT2D eigenvalue weighted by atomic mass is 10.2. The molecule has 0 saturated carbocycles. The topological polar surface area (TPSA) is 76.7 Å². The molecule has 3 N–H and O–H groups in total. The van der Waals surface area contributed by atoms with Gasteiger partial charge in [-0.05, 0) is 12.1 Å². The Hall–Kier alpha value is -1.56. The van der Waals surface area contributed by atoms with E-state index in [1.165, 1.54) is 7.05 Å². The molecular formula is C9H10BrN3O2. The number of halogens is 1. The van der Waals surface area contributed by atoms with E-state index >= 15 is 0 Å². The van der Waals surface area contributed by atoms with Crippen LogP contribution in [0.2, 0.25) is 0 Å². The molecule has 0 aliphatic rings. The maximum absolute atomic E-state index is 10.7. The zero-order valence-electron chi connectivity index (χ0n) is 8.03. The summed E-state index contributed by atoms with van der Waals surface area (Å²) in [6.45, 7) is 0. The van der Waals surface area contributed by atoms with Gasteiger partial charge >= 0.3 is 6.09 Å². The molecule has 0 saturated heterocycles. The number of amides is 1. The molecule has 1 amide bonds. The molecule has 0 spiro atoms. The lowest BCUT2D eigenvalue weighted by molar-refractivity contribution is 0.153. The summed E-state index contributed by atoms with van der Waals surface area (Å²) in [6.07, 6.45) is -0.657. The normalized spacial score (nSPS) is 10.9. The van der Waals surface area contributed by atoms with Gasteiger partial charge in [-0.1, -0.05) is 33.2 Å². The molecule has 0 radical (unpaired) electrons. The Labute approximate surface area is 95.4 Å². The Balaban J connectivity index is 2.71. The number of amidine groups is 1. The first kappa shape index (κ1) is 11.5. The van der Waals surface area contributed by atoms with Gasteiger partial charge in [0.2, 0.25) is 0 Å². The molecule has 0 unspecified atom stereocenters. The van der Waals surface area contributed by atoms with E-state index in [9.17, 15) is 4.79 Å². The maximum Gasteiger partial charge on any atom is 0.433 e. The largest absolute Gasteiger partial charge is 0.433 e. The van der Waals surface area contributed by atoms with Gasteiger partial charge in [0.25, 0.3) is 0 Å². The van der Waals surface area contributed by atoms with Crippen LogP contribution in [0.15, 0.2) is 33.9 Å². The van der Waals surface area contributed by atoms with Crippen LogP contribution in [0.4, 0.5) is 4.79 Å². The summed E-state index contributed by atoms with van der Waals surface area (Å²) in [5, 5.41) is 5.71. The van der Waals surface area contributed by atoms with Crippen LogP contribution in [0.25, 0.3) is 0 Å². The van der Waals surface area contributed by atoms with Crippen molar-refractivity contribution in [3.8, 4) is 0 Å². The zero-order chi connectivity index (χ0) is 11.3. The van der Waals surface area contributed by atoms with Crippen LogP contribution in [-0.4, -0.2) is 19.0 Å². The van der Waals surface area contributed by atoms with Gasteiger partial charge in [-0.2, -0.15) is 0 Å². The van der Waals surface area contributed by atoms with Crippen molar-refractivity contribution in [2.45, 2.75) is 0 Å². The monoisotopic (exact) mass is 271 g/mol. The van der Waals surface area contributed by atoms with Crippen molar-refractivity contribution >= 4 is 27.9 Å². The summed E-state index contributed by atoms with van der Waals surface area (Å²) >= 11 is 3.29. The number of hydrogen-bond donors (Lipinski definition) is 2. The molecule has 1 rings (SSSR count). The molecule has 80 valence electrons. The summed E-state index contributed by atoms with van der Waals surface area (Å²) < 4.78 is 0.936. The highest BCUT2D eigenvalue weighted by molar-refractivity contribution is 9.10. The van der Waals surface area contributed by atoms with E-state index in [-0.39, 0.29) is 5.84 Å². The number of oxime groups is 1. The first-order valence-corrected chi connectivity index (χ1v) is 4.91. The highest BCUT2D eigenvalue weighted by Gasteiger charge is 2.01. The predicted molar refractivity (Wildman–Crippen MR) is 60.4 cm³/mol. The molecule has 1 aromatic carbocycles. The van der Waals surface area contributed by atoms with Crippen LogP contribution in [0.1, 0.15) is 5.56 Å². The molecule has 0 fully saturated rings. The number of carbonyl (C=O) groups excluding carboxylic acids is 1. The zero-order valence-corrected chi connectivity index (χ0v) is 9.61. The number of rotatable bonds is 2. The van der Waals surface area contributed by atoms with Crippen LogP contribution >= 0.6 is 15.9 Å². The van der Waals surface area contributed by atoms with E-state index in [0.717, 1.165) is 4.47 Å². The SMILES string of the molecule is CNC(=O)O/N=C(\N)c1ccc(Br)cc1. The van der Waals surface area contributed by atoms with Crippen molar-refractivity contribution < 1.29 is 9.63 Å². The van der Waals surface area contributed by atoms with Gasteiger partial charge in [-0.3, -0.25) is 4.84 Å². The minimum Gasteiger partial charge on any atom is -0.380 e. The molecule has 0 atom stereocenters. The van der Waals surface area contributed by atoms with E-state index in [2.05, 4.69) is 31.2 Å². The number of nitrogens with two attached hydrogens (primary N) is 1. The van der Waals surface area contributed by atoms with Gasteiger partial charge in [-0.25, -0.2) is 4.79 Å². The van der Waals surface area contributed by atoms with Crippen LogP contribution in [0.5, 0.6) is 0 Å². The number of hydrogen-bond acceptors (Lipinski definition) is 3. The van der Waals surface area contributed by atoms with E-state index < -0.39 is 6.09 Å². The quantitative estimate of drug-likeness (QED) is 0.370. The number of nitrogens with one attached hydrogen (secondary N) is 1. The third kappa shape index (κ3) is 3.59. The maximum atomic E-state index is 10.7. The smallest absolute Gasteiger partial charge is 0.380 e. The summed E-state index contributed by atoms with van der Waals surface area (Å²) in [6, 6.07) is 7.15. The van der Waals surface area contributed by atoms with Gasteiger partial charge in [0.1, 0.15) is 0 Å². The van der Waals surface area contributed by atoms with Crippen LogP contribution in [-0.2, 0) is 4.84 Å². The Bertz CT molecular complexity index is 375. The minimum atomic E-state index is -0.657. The van der Waals surface area contributed by atoms with Crippen LogP contribution in [0.3, 0.4) is 0 Å². The molecule has 1 aromatic rings. The number of carbonyl (C=O) groups is 1. The predicted octanol–water partition coefficient (Wildman–Crippen LogP) is 1.43. The second-order valence-corrected chi connectivity index (χ2v) is 3.53. The fourth-order valence-corrected chi connectivity index (χ4v) is 1.07. The lowest BCUT2D eigenvalue weighted by Crippen LogP contribution is -2.20. The van der Waals surface area contributed by atoms with E-state index in [1.807, 2.05) is 12.1 Å². The third-order valence-electron chi connectivity index (χ3n) is 1.57. The van der Waals surface area contributed by atoms with E-state index in [1.54, 1.807) is 12.1 Å². The Morgan fingerprint density at radius 1 is 1.47 bits per heavy atom. The first-order valence-electron chi connectivity index (χ1n) is 4.11. The first-order chi connectivity index (χ1) is 7.13. The Morgan fingerprint density at radius 3 is 2.60 bits per heavy atom. The van der Waals surface area contributed by atoms with Crippen molar-refractivity contribution in [3.63, 3.8) is 0 Å². The average Bonchev–Trinajstić information content (AvgIpc) is 2.26. The van der Waals surface area contributed by atoms with Gasteiger partial charge in [0.05, 0.1) is 0 Å². The van der Waals surface area contributed by atoms with Gasteiger partial charge in [-0.15, -0.1) is 0 Å². The van der Waals surface area contributed by atoms with Gasteiger partial charge in [0.15, 0.2) is 5.84 Å². The molecule has 5 nitrogen and oxygen atoms in total.